The molecule has 0 aliphatic heterocycles. The molecule has 0 bridgehead atoms. The first-order valence-corrected chi connectivity index (χ1v) is 14.3. The average molecular weight is 561 g/mol. The van der Waals surface area contributed by atoms with E-state index in [0.717, 1.165) is 21.6 Å². The summed E-state index contributed by atoms with van der Waals surface area (Å²) in [5, 5.41) is 4.63. The predicted octanol–water partition coefficient (Wildman–Crippen LogP) is 4.28. The highest BCUT2D eigenvalue weighted by Crippen LogP contribution is 2.22. The normalized spacial score (nSPS) is 13.1. The highest BCUT2D eigenvalue weighted by atomic mass is 32.1. The SMILES string of the molecule is CNC(=O)[C@@H](Cc1cccs1)N(C)C(=O)[C@@H](Cc1ccc(-c2ccccc2)cc1)N(C)C(=O)C=CCC(C)(C)N. The number of carbonyl (C=O) groups is 3. The third-order valence-corrected chi connectivity index (χ3v) is 7.73. The molecule has 0 unspecified atom stereocenters. The molecule has 8 heteroatoms. The van der Waals surface area contributed by atoms with E-state index in [1.165, 1.54) is 27.2 Å². The number of rotatable bonds is 12. The van der Waals surface area contributed by atoms with E-state index in [1.807, 2.05) is 86.0 Å². The number of nitrogens with two attached hydrogens (primary N) is 1. The molecule has 0 fully saturated rings. The molecule has 7 nitrogen and oxygen atoms in total. The van der Waals surface area contributed by atoms with Crippen molar-refractivity contribution < 1.29 is 14.4 Å². The van der Waals surface area contributed by atoms with Crippen LogP contribution >= 0.6 is 11.3 Å². The first kappa shape index (κ1) is 30.8. The van der Waals surface area contributed by atoms with Crippen molar-refractivity contribution in [2.45, 2.75) is 50.7 Å². The molecule has 0 saturated heterocycles. The van der Waals surface area contributed by atoms with Crippen molar-refractivity contribution in [1.29, 1.82) is 0 Å². The van der Waals surface area contributed by atoms with Gasteiger partial charge in [0.1, 0.15) is 12.1 Å². The van der Waals surface area contributed by atoms with Gasteiger partial charge in [0.05, 0.1) is 0 Å². The molecule has 2 aromatic carbocycles. The molecule has 3 aromatic rings. The summed E-state index contributed by atoms with van der Waals surface area (Å²) in [5.74, 6) is -0.860. The zero-order chi connectivity index (χ0) is 29.3. The topological polar surface area (TPSA) is 95.7 Å². The van der Waals surface area contributed by atoms with Crippen LogP contribution in [0.5, 0.6) is 0 Å². The monoisotopic (exact) mass is 560 g/mol. The molecule has 0 aliphatic rings. The quantitative estimate of drug-likeness (QED) is 0.323. The van der Waals surface area contributed by atoms with Gasteiger partial charge in [0.2, 0.25) is 17.7 Å². The van der Waals surface area contributed by atoms with E-state index in [4.69, 9.17) is 5.73 Å². The summed E-state index contributed by atoms with van der Waals surface area (Å²) in [6.45, 7) is 3.77. The third-order valence-electron chi connectivity index (χ3n) is 6.83. The number of benzene rings is 2. The summed E-state index contributed by atoms with van der Waals surface area (Å²) in [6.07, 6.45) is 4.42. The van der Waals surface area contributed by atoms with Crippen molar-refractivity contribution in [1.82, 2.24) is 15.1 Å². The summed E-state index contributed by atoms with van der Waals surface area (Å²) in [5.41, 5.74) is 8.68. The van der Waals surface area contributed by atoms with E-state index in [2.05, 4.69) is 5.32 Å². The summed E-state index contributed by atoms with van der Waals surface area (Å²) >= 11 is 1.54. The Morgan fingerprint density at radius 3 is 2.12 bits per heavy atom. The van der Waals surface area contributed by atoms with Gasteiger partial charge in [0.25, 0.3) is 0 Å². The zero-order valence-corrected chi connectivity index (χ0v) is 24.8. The van der Waals surface area contributed by atoms with Gasteiger partial charge >= 0.3 is 0 Å². The van der Waals surface area contributed by atoms with Gasteiger partial charge in [-0.1, -0.05) is 66.7 Å². The van der Waals surface area contributed by atoms with E-state index in [1.54, 1.807) is 27.2 Å². The van der Waals surface area contributed by atoms with E-state index in [0.29, 0.717) is 19.3 Å². The summed E-state index contributed by atoms with van der Waals surface area (Å²) in [7, 11) is 4.82. The van der Waals surface area contributed by atoms with E-state index < -0.39 is 17.6 Å². The summed E-state index contributed by atoms with van der Waals surface area (Å²) in [6, 6.07) is 20.4. The van der Waals surface area contributed by atoms with Gasteiger partial charge in [-0.15, -0.1) is 11.3 Å². The smallest absolute Gasteiger partial charge is 0.246 e. The minimum atomic E-state index is -0.814. The van der Waals surface area contributed by atoms with Crippen molar-refractivity contribution in [3.63, 3.8) is 0 Å². The van der Waals surface area contributed by atoms with Crippen molar-refractivity contribution in [2.24, 2.45) is 5.73 Å². The van der Waals surface area contributed by atoms with Crippen LogP contribution in [-0.4, -0.2) is 66.3 Å². The largest absolute Gasteiger partial charge is 0.357 e. The maximum atomic E-state index is 14.0. The Morgan fingerprint density at radius 1 is 0.900 bits per heavy atom. The lowest BCUT2D eigenvalue weighted by Crippen LogP contribution is -2.55. The van der Waals surface area contributed by atoms with Gasteiger partial charge in [-0.25, -0.2) is 0 Å². The number of carbonyl (C=O) groups excluding carboxylic acids is 3. The summed E-state index contributed by atoms with van der Waals surface area (Å²) < 4.78 is 0. The van der Waals surface area contributed by atoms with Crippen LogP contribution in [0.25, 0.3) is 11.1 Å². The maximum Gasteiger partial charge on any atom is 0.246 e. The fourth-order valence-corrected chi connectivity index (χ4v) is 5.13. The van der Waals surface area contributed by atoms with Crippen LogP contribution < -0.4 is 11.1 Å². The van der Waals surface area contributed by atoms with Crippen LogP contribution in [0.15, 0.2) is 84.3 Å². The van der Waals surface area contributed by atoms with Gasteiger partial charge in [0.15, 0.2) is 0 Å². The summed E-state index contributed by atoms with van der Waals surface area (Å²) in [4.78, 5) is 44.0. The second-order valence-electron chi connectivity index (χ2n) is 10.7. The highest BCUT2D eigenvalue weighted by Gasteiger charge is 2.34. The minimum absolute atomic E-state index is 0.255. The lowest BCUT2D eigenvalue weighted by Gasteiger charge is -2.34. The Hall–Kier alpha value is -3.75. The Bertz CT molecular complexity index is 1280. The number of hydrogen-bond donors (Lipinski definition) is 2. The molecular weight excluding hydrogens is 520 g/mol. The Kier molecular flexibility index (Phi) is 10.8. The standard InChI is InChI=1S/C32H40N4O3S/c1-32(2,33)19-9-14-29(37)35(4)28(21-23-15-17-25(18-16-23)24-11-7-6-8-12-24)31(39)36(5)27(30(38)34-3)22-26-13-10-20-40-26/h6-18,20,27-28H,19,21-22,33H2,1-5H3,(H,34,38)/t27-,28-/m1/s1. The zero-order valence-electron chi connectivity index (χ0n) is 24.0. The highest BCUT2D eigenvalue weighted by molar-refractivity contribution is 7.09. The van der Waals surface area contributed by atoms with E-state index >= 15 is 0 Å². The molecule has 3 rings (SSSR count). The molecule has 1 heterocycles. The molecule has 0 spiro atoms. The Morgan fingerprint density at radius 2 is 1.55 bits per heavy atom. The molecule has 0 radical (unpaired) electrons. The van der Waals surface area contributed by atoms with Gasteiger partial charge in [-0.05, 0) is 54.5 Å². The third kappa shape index (κ3) is 8.63. The van der Waals surface area contributed by atoms with Gasteiger partial charge < -0.3 is 20.9 Å². The van der Waals surface area contributed by atoms with Crippen LogP contribution in [0.2, 0.25) is 0 Å². The predicted molar refractivity (Wildman–Crippen MR) is 163 cm³/mol. The lowest BCUT2D eigenvalue weighted by atomic mass is 9.98. The van der Waals surface area contributed by atoms with Gasteiger partial charge in [0, 0.05) is 44.4 Å². The maximum absolute atomic E-state index is 14.0. The van der Waals surface area contributed by atoms with Crippen LogP contribution in [-0.2, 0) is 27.2 Å². The molecule has 2 atom stereocenters. The number of likely N-dealkylation sites (N-methyl/N-ethyl adjacent to an activating group) is 3. The first-order valence-electron chi connectivity index (χ1n) is 13.4. The molecule has 40 heavy (non-hydrogen) atoms. The number of hydrogen-bond acceptors (Lipinski definition) is 5. The first-order chi connectivity index (χ1) is 19.0. The molecule has 1 aromatic heterocycles. The fraction of sp³-hybridized carbons (Fsp3) is 0.344. The second-order valence-corrected chi connectivity index (χ2v) is 11.7. The molecule has 212 valence electrons. The fourth-order valence-electron chi connectivity index (χ4n) is 4.39. The average Bonchev–Trinajstić information content (AvgIpc) is 3.46. The van der Waals surface area contributed by atoms with Crippen molar-refractivity contribution in [3.8, 4) is 11.1 Å². The molecule has 3 N–H and O–H groups in total. The van der Waals surface area contributed by atoms with Crippen LogP contribution in [0.4, 0.5) is 0 Å². The minimum Gasteiger partial charge on any atom is -0.357 e. The van der Waals surface area contributed by atoms with E-state index in [9.17, 15) is 14.4 Å². The molecular formula is C32H40N4O3S. The molecule has 0 saturated carbocycles. The second kappa shape index (κ2) is 14.1. The Balaban J connectivity index is 1.89. The number of amides is 3. The van der Waals surface area contributed by atoms with Gasteiger partial charge in [-0.3, -0.25) is 14.4 Å². The molecule has 0 aliphatic carbocycles. The van der Waals surface area contributed by atoms with Crippen LogP contribution in [0.3, 0.4) is 0 Å². The number of nitrogens with zero attached hydrogens (tertiary/aromatic N) is 2. The van der Waals surface area contributed by atoms with Crippen molar-refractivity contribution in [3.05, 3.63) is 94.7 Å². The van der Waals surface area contributed by atoms with Crippen molar-refractivity contribution >= 4 is 29.1 Å². The number of nitrogens with one attached hydrogen (secondary N) is 1. The lowest BCUT2D eigenvalue weighted by molar-refractivity contribution is -0.146. The van der Waals surface area contributed by atoms with E-state index in [-0.39, 0.29) is 17.7 Å². The van der Waals surface area contributed by atoms with Crippen molar-refractivity contribution in [2.75, 3.05) is 21.1 Å². The van der Waals surface area contributed by atoms with Crippen LogP contribution in [0.1, 0.15) is 30.7 Å². The van der Waals surface area contributed by atoms with Crippen LogP contribution in [0, 0.1) is 0 Å². The van der Waals surface area contributed by atoms with Gasteiger partial charge in [-0.2, -0.15) is 0 Å². The number of thiophene rings is 1. The molecule has 3 amide bonds. The Labute approximate surface area is 241 Å².